The number of nitrogens with zero attached hydrogens (tertiary/aromatic N) is 11. The van der Waals surface area contributed by atoms with Gasteiger partial charge in [0.05, 0.1) is 31.5 Å². The SMILES string of the molecule is CC[C@@H]1NC(=O)[C@H]([C@H](O)[C@H](C)CCCCCN=[N+]=[N-])N(C)C(=O)[C@H](C(C)C)N(C)C(=O)[C@H](CC(C)C)N(C)C(=O)[C@H](CC(C)C)N(C)C(=O)[C@@H](C)NC(=O)[C@H](C)CC(=O)[C@H](CC(C)C)N(C)C(=O)[C@H](C(C)C)CC(=O)[C@H]([C@@H](C)OCCCCN2CCOCC2)N(C)C(=O)[C@@H](C)N(C)C1=O. The van der Waals surface area contributed by atoms with Crippen molar-refractivity contribution < 1.29 is 67.3 Å². The Morgan fingerprint density at radius 2 is 1.06 bits per heavy atom. The van der Waals surface area contributed by atoms with Gasteiger partial charge in [0, 0.05) is 105 Å². The molecule has 0 saturated carbocycles. The Morgan fingerprint density at radius 1 is 0.545 bits per heavy atom. The molecule has 0 aromatic rings. The second-order valence-corrected chi connectivity index (χ2v) is 30.1. The lowest BCUT2D eigenvalue weighted by Gasteiger charge is -2.41. The maximum Gasteiger partial charge on any atom is 0.246 e. The first-order valence-electron chi connectivity index (χ1n) is 36.3. The molecule has 27 heteroatoms. The Morgan fingerprint density at radius 3 is 1.59 bits per heavy atom. The minimum absolute atomic E-state index is 0.0164. The molecule has 27 nitrogen and oxygen atoms in total. The first kappa shape index (κ1) is 88.8. The van der Waals surface area contributed by atoms with E-state index < -0.39 is 161 Å². The van der Waals surface area contributed by atoms with E-state index in [0.717, 1.165) is 35.9 Å². The Balaban J connectivity index is 3.02. The Labute approximate surface area is 592 Å². The summed E-state index contributed by atoms with van der Waals surface area (Å²) in [7, 11) is 10.0. The largest absolute Gasteiger partial charge is 0.390 e. The molecular formula is C72H129N13O14. The zero-order chi connectivity index (χ0) is 75.6. The number of morpholine rings is 1. The molecule has 2 saturated heterocycles. The lowest BCUT2D eigenvalue weighted by atomic mass is 9.85. The van der Waals surface area contributed by atoms with Crippen LogP contribution in [-0.2, 0) is 62.2 Å². The molecule has 0 bridgehead atoms. The predicted octanol–water partition coefficient (Wildman–Crippen LogP) is 6.21. The summed E-state index contributed by atoms with van der Waals surface area (Å²) in [4.78, 5) is 178. The number of Topliss-reactive ketones (excluding diaryl/α,β-unsaturated/α-hetero) is 2. The number of amides is 9. The quantitative estimate of drug-likeness (QED) is 0.0418. The van der Waals surface area contributed by atoms with Crippen LogP contribution in [0.25, 0.3) is 10.4 Å². The van der Waals surface area contributed by atoms with Crippen molar-refractivity contribution in [3.05, 3.63) is 10.4 Å². The van der Waals surface area contributed by atoms with Gasteiger partial charge in [0.25, 0.3) is 0 Å². The van der Waals surface area contributed by atoms with E-state index in [-0.39, 0.29) is 69.4 Å². The molecule has 2 aliphatic heterocycles. The van der Waals surface area contributed by atoms with E-state index in [0.29, 0.717) is 45.3 Å². The van der Waals surface area contributed by atoms with Gasteiger partial charge in [0.1, 0.15) is 48.3 Å². The molecule has 566 valence electrons. The fourth-order valence-corrected chi connectivity index (χ4v) is 13.4. The number of likely N-dealkylation sites (N-methyl/N-ethyl adjacent to an activating group) is 7. The molecule has 2 aliphatic rings. The average Bonchev–Trinajstić information content (AvgIpc) is 0.805. The van der Waals surface area contributed by atoms with Gasteiger partial charge >= 0.3 is 0 Å². The second-order valence-electron chi connectivity index (χ2n) is 30.1. The van der Waals surface area contributed by atoms with Crippen molar-refractivity contribution in [3.8, 4) is 0 Å². The molecule has 9 amide bonds. The Kier molecular flexibility index (Phi) is 38.4. The van der Waals surface area contributed by atoms with Gasteiger partial charge in [-0.2, -0.15) is 0 Å². The smallest absolute Gasteiger partial charge is 0.246 e. The Bertz CT molecular complexity index is 2700. The maximum absolute atomic E-state index is 15.4. The molecule has 14 atom stereocenters. The van der Waals surface area contributed by atoms with Gasteiger partial charge in [-0.15, -0.1) is 0 Å². The molecule has 2 heterocycles. The van der Waals surface area contributed by atoms with E-state index in [4.69, 9.17) is 15.0 Å². The first-order valence-corrected chi connectivity index (χ1v) is 36.3. The van der Waals surface area contributed by atoms with Crippen molar-refractivity contribution in [1.29, 1.82) is 0 Å². The number of aliphatic hydroxyl groups is 1. The third-order valence-corrected chi connectivity index (χ3v) is 20.0. The molecule has 0 aliphatic carbocycles. The summed E-state index contributed by atoms with van der Waals surface area (Å²) < 4.78 is 11.9. The van der Waals surface area contributed by atoms with Gasteiger partial charge < -0.3 is 59.5 Å². The van der Waals surface area contributed by atoms with Gasteiger partial charge in [0.15, 0.2) is 11.6 Å². The van der Waals surface area contributed by atoms with Crippen LogP contribution in [0, 0.1) is 47.3 Å². The highest BCUT2D eigenvalue weighted by atomic mass is 16.5. The van der Waals surface area contributed by atoms with Gasteiger partial charge in [-0.25, -0.2) is 0 Å². The van der Waals surface area contributed by atoms with Crippen LogP contribution >= 0.6 is 0 Å². The number of rotatable bonds is 24. The van der Waals surface area contributed by atoms with Crippen molar-refractivity contribution in [1.82, 2.24) is 49.8 Å². The topological polar surface area (TPSA) is 325 Å². The van der Waals surface area contributed by atoms with Gasteiger partial charge in [0.2, 0.25) is 53.2 Å². The highest BCUT2D eigenvalue weighted by molar-refractivity contribution is 6.00. The van der Waals surface area contributed by atoms with Crippen LogP contribution in [0.15, 0.2) is 5.11 Å². The van der Waals surface area contributed by atoms with Crippen molar-refractivity contribution in [2.24, 2.45) is 52.5 Å². The van der Waals surface area contributed by atoms with E-state index in [2.05, 4.69) is 25.6 Å². The van der Waals surface area contributed by atoms with E-state index in [1.165, 1.54) is 87.7 Å². The summed E-state index contributed by atoms with van der Waals surface area (Å²) in [6.07, 6.45) is 0.856. The van der Waals surface area contributed by atoms with Crippen molar-refractivity contribution in [3.63, 3.8) is 0 Å². The molecule has 99 heavy (non-hydrogen) atoms. The lowest BCUT2D eigenvalue weighted by Crippen LogP contribution is -2.64. The number of ketones is 2. The normalized spacial score (nSPS) is 26.9. The number of nitrogens with one attached hydrogen (secondary N) is 2. The number of carbonyl (C=O) groups excluding carboxylic acids is 11. The summed E-state index contributed by atoms with van der Waals surface area (Å²) in [5.74, 6) is -11.1. The second kappa shape index (κ2) is 42.9. The summed E-state index contributed by atoms with van der Waals surface area (Å²) in [5.41, 5.74) is 8.83. The van der Waals surface area contributed by atoms with Crippen molar-refractivity contribution in [2.45, 2.75) is 254 Å². The number of azide groups is 1. The zero-order valence-corrected chi connectivity index (χ0v) is 64.6. The number of carbonyl (C=O) groups is 11. The summed E-state index contributed by atoms with van der Waals surface area (Å²) in [6, 6.07) is -11.4. The van der Waals surface area contributed by atoms with Crippen LogP contribution in [0.2, 0.25) is 0 Å². The number of hydrogen-bond donors (Lipinski definition) is 3. The number of unbranched alkanes of at least 4 members (excludes halogenated alkanes) is 3. The first-order chi connectivity index (χ1) is 46.2. The number of ether oxygens (including phenoxy) is 2. The molecule has 0 aromatic heterocycles. The fraction of sp³-hybridized carbons (Fsp3) is 0.847. The van der Waals surface area contributed by atoms with E-state index >= 15 is 33.6 Å². The lowest BCUT2D eigenvalue weighted by molar-refractivity contribution is -0.157. The van der Waals surface area contributed by atoms with Crippen LogP contribution in [0.5, 0.6) is 0 Å². The molecule has 0 radical (unpaired) electrons. The molecule has 3 N–H and O–H groups in total. The minimum atomic E-state index is -1.66. The van der Waals surface area contributed by atoms with Crippen molar-refractivity contribution >= 4 is 64.7 Å². The molecule has 2 fully saturated rings. The minimum Gasteiger partial charge on any atom is -0.390 e. The van der Waals surface area contributed by atoms with Gasteiger partial charge in [-0.3, -0.25) is 57.6 Å². The molecule has 2 rings (SSSR count). The number of hydrogen-bond acceptors (Lipinski definition) is 16. The van der Waals surface area contributed by atoms with Gasteiger partial charge in [-0.1, -0.05) is 108 Å². The third kappa shape index (κ3) is 26.2. The molecule has 0 spiro atoms. The highest BCUT2D eigenvalue weighted by Gasteiger charge is 2.47. The fourth-order valence-electron chi connectivity index (χ4n) is 13.4. The Hall–Kier alpha value is -6.28. The highest BCUT2D eigenvalue weighted by Crippen LogP contribution is 2.29. The third-order valence-electron chi connectivity index (χ3n) is 20.0. The van der Waals surface area contributed by atoms with Crippen molar-refractivity contribution in [2.75, 3.05) is 95.3 Å². The zero-order valence-electron chi connectivity index (χ0n) is 64.6. The van der Waals surface area contributed by atoms with Crippen LogP contribution in [-0.4, -0.2) is 271 Å². The van der Waals surface area contributed by atoms with Gasteiger partial charge in [-0.05, 0) is 120 Å². The molecular weight excluding hydrogens is 1270 g/mol. The summed E-state index contributed by atoms with van der Waals surface area (Å²) in [5, 5.41) is 21.6. The molecule has 0 aromatic carbocycles. The van der Waals surface area contributed by atoms with E-state index in [1.807, 2.05) is 41.5 Å². The average molecular weight is 1400 g/mol. The van der Waals surface area contributed by atoms with Crippen LogP contribution in [0.1, 0.15) is 188 Å². The van der Waals surface area contributed by atoms with E-state index in [9.17, 15) is 24.3 Å². The summed E-state index contributed by atoms with van der Waals surface area (Å²) in [6.45, 7) is 32.1. The van der Waals surface area contributed by atoms with E-state index in [1.54, 1.807) is 55.4 Å². The number of aliphatic hydroxyl groups excluding tert-OH is 1. The van der Waals surface area contributed by atoms with Crippen LogP contribution in [0.4, 0.5) is 0 Å². The summed E-state index contributed by atoms with van der Waals surface area (Å²) >= 11 is 0. The monoisotopic (exact) mass is 1400 g/mol. The standard InChI is InChI=1S/C72H129N13O14/c1-24-54-69(94)78(17)51(15)67(92)83(22)61(52(16)99-35-29-28-32-85-33-36-98-37-34-85)59(87)42-53(46(8)9)68(93)79(18)55(38-43(2)3)58(86)41-49(13)64(89)75-50(14)66(91)80(19)56(39-44(4)5)70(95)81(20)57(40-45(6)7)71(96)82(21)60(47(10)11)72(97)84(23)62(65(90)76-54)63(88)48(12)30-26-25-27-31-74-77-73/h43-57,60-63,88H,24-42H2,1-23H3,(H,75,89)(H,76,90)/t48-,49-,50-,51-,52-,53+,54+,55+,56+,57+,60+,61+,62+,63-/m1/s1. The maximum atomic E-state index is 15.4. The van der Waals surface area contributed by atoms with Crippen LogP contribution in [0.3, 0.4) is 0 Å². The predicted molar refractivity (Wildman–Crippen MR) is 381 cm³/mol. The van der Waals surface area contributed by atoms with Crippen LogP contribution < -0.4 is 10.6 Å². The molecule has 0 unspecified atom stereocenters.